The second kappa shape index (κ2) is 6.76. The fraction of sp³-hybridized carbons (Fsp3) is 0.500. The number of aromatic nitrogens is 1. The number of hydrazone groups is 1. The summed E-state index contributed by atoms with van der Waals surface area (Å²) >= 11 is 0. The second-order valence-corrected chi connectivity index (χ2v) is 8.74. The highest BCUT2D eigenvalue weighted by Crippen LogP contribution is 2.60. The highest BCUT2D eigenvalue weighted by Gasteiger charge is 2.54. The first-order valence-corrected chi connectivity index (χ1v) is 10.1. The molecule has 0 radical (unpaired) electrons. The van der Waals surface area contributed by atoms with E-state index in [4.69, 9.17) is 9.26 Å². The van der Waals surface area contributed by atoms with Crippen LogP contribution in [0.2, 0.25) is 0 Å². The van der Waals surface area contributed by atoms with Gasteiger partial charge in [-0.2, -0.15) is 5.10 Å². The predicted octanol–water partition coefficient (Wildman–Crippen LogP) is 4.02. The van der Waals surface area contributed by atoms with E-state index in [0.717, 1.165) is 48.3 Å². The van der Waals surface area contributed by atoms with Crippen molar-refractivity contribution in [3.8, 4) is 17.1 Å². The van der Waals surface area contributed by atoms with Crippen LogP contribution in [0.1, 0.15) is 44.2 Å². The van der Waals surface area contributed by atoms with Crippen molar-refractivity contribution in [2.45, 2.75) is 38.5 Å². The molecule has 2 aromatic rings. The van der Waals surface area contributed by atoms with Crippen LogP contribution in [-0.4, -0.2) is 24.4 Å². The van der Waals surface area contributed by atoms with Crippen LogP contribution in [0.3, 0.4) is 0 Å². The standard InChI is InChI=1S/C22H25N3O3/c1-27-19-4-2-17(3-5-19)20-9-18(25-28-20)13-23-24-21(26)22-10-14-6-15(11-22)8-16(7-14)12-22/h2-5,9,13-16H,6-8,10-12H2,1H3,(H,24,26)/b23-13+. The first-order valence-electron chi connectivity index (χ1n) is 10.1. The van der Waals surface area contributed by atoms with E-state index in [2.05, 4.69) is 15.7 Å². The number of carbonyl (C=O) groups excluding carboxylic acids is 1. The van der Waals surface area contributed by atoms with Gasteiger partial charge in [-0.1, -0.05) is 5.16 Å². The number of carbonyl (C=O) groups is 1. The van der Waals surface area contributed by atoms with Gasteiger partial charge in [0, 0.05) is 11.6 Å². The molecule has 0 unspecified atom stereocenters. The van der Waals surface area contributed by atoms with E-state index in [0.29, 0.717) is 11.5 Å². The molecule has 1 amide bonds. The van der Waals surface area contributed by atoms with E-state index >= 15 is 0 Å². The highest BCUT2D eigenvalue weighted by atomic mass is 16.5. The molecule has 1 aromatic carbocycles. The maximum atomic E-state index is 12.9. The summed E-state index contributed by atoms with van der Waals surface area (Å²) in [5, 5.41) is 8.18. The van der Waals surface area contributed by atoms with E-state index in [1.807, 2.05) is 30.3 Å². The molecule has 6 heteroatoms. The first kappa shape index (κ1) is 17.5. The lowest BCUT2D eigenvalue weighted by Gasteiger charge is -2.55. The molecule has 0 aliphatic heterocycles. The zero-order valence-electron chi connectivity index (χ0n) is 16.1. The second-order valence-electron chi connectivity index (χ2n) is 8.74. The van der Waals surface area contributed by atoms with Gasteiger partial charge in [0.05, 0.1) is 18.7 Å². The largest absolute Gasteiger partial charge is 0.497 e. The van der Waals surface area contributed by atoms with Crippen molar-refractivity contribution in [2.75, 3.05) is 7.11 Å². The minimum atomic E-state index is -0.190. The predicted molar refractivity (Wildman–Crippen MR) is 105 cm³/mol. The summed E-state index contributed by atoms with van der Waals surface area (Å²) < 4.78 is 10.6. The molecule has 4 aliphatic rings. The van der Waals surface area contributed by atoms with Gasteiger partial charge in [0.2, 0.25) is 5.91 Å². The number of benzene rings is 1. The molecule has 4 fully saturated rings. The average Bonchev–Trinajstić information content (AvgIpc) is 3.16. The Labute approximate surface area is 164 Å². The summed E-state index contributed by atoms with van der Waals surface area (Å²) in [6, 6.07) is 9.38. The smallest absolute Gasteiger partial charge is 0.246 e. The Bertz CT molecular complexity index is 865. The highest BCUT2D eigenvalue weighted by molar-refractivity contribution is 5.85. The van der Waals surface area contributed by atoms with Gasteiger partial charge >= 0.3 is 0 Å². The monoisotopic (exact) mass is 379 g/mol. The van der Waals surface area contributed by atoms with Gasteiger partial charge in [0.1, 0.15) is 11.4 Å². The quantitative estimate of drug-likeness (QED) is 0.629. The Morgan fingerprint density at radius 1 is 1.18 bits per heavy atom. The topological polar surface area (TPSA) is 76.7 Å². The molecule has 0 atom stereocenters. The summed E-state index contributed by atoms with van der Waals surface area (Å²) in [7, 11) is 1.63. The van der Waals surface area contributed by atoms with Crippen LogP contribution in [-0.2, 0) is 4.79 Å². The van der Waals surface area contributed by atoms with Crippen LogP contribution in [0.5, 0.6) is 5.75 Å². The molecule has 1 aromatic heterocycles. The van der Waals surface area contributed by atoms with E-state index in [1.165, 1.54) is 19.3 Å². The molecular formula is C22H25N3O3. The van der Waals surface area contributed by atoms with Crippen molar-refractivity contribution in [3.05, 3.63) is 36.0 Å². The Kier molecular flexibility index (Phi) is 4.22. The van der Waals surface area contributed by atoms with E-state index in [-0.39, 0.29) is 11.3 Å². The minimum absolute atomic E-state index is 0.0849. The van der Waals surface area contributed by atoms with E-state index in [1.54, 1.807) is 13.3 Å². The van der Waals surface area contributed by atoms with Gasteiger partial charge in [-0.05, 0) is 80.5 Å². The molecular weight excluding hydrogens is 354 g/mol. The normalized spacial score (nSPS) is 30.7. The van der Waals surface area contributed by atoms with Crippen LogP contribution < -0.4 is 10.2 Å². The summed E-state index contributed by atoms with van der Waals surface area (Å²) in [5.74, 6) is 3.74. The van der Waals surface area contributed by atoms with Crippen molar-refractivity contribution < 1.29 is 14.1 Å². The van der Waals surface area contributed by atoms with Gasteiger partial charge in [0.15, 0.2) is 5.76 Å². The molecule has 146 valence electrons. The molecule has 28 heavy (non-hydrogen) atoms. The molecule has 0 spiro atoms. The fourth-order valence-corrected chi connectivity index (χ4v) is 5.91. The summed E-state index contributed by atoms with van der Waals surface area (Å²) in [6.45, 7) is 0. The molecule has 6 nitrogen and oxygen atoms in total. The summed E-state index contributed by atoms with van der Waals surface area (Å²) in [6.07, 6.45) is 8.62. The van der Waals surface area contributed by atoms with Crippen molar-refractivity contribution in [1.82, 2.24) is 10.6 Å². The zero-order chi connectivity index (χ0) is 19.1. The summed E-state index contributed by atoms with van der Waals surface area (Å²) in [4.78, 5) is 12.9. The Morgan fingerprint density at radius 2 is 1.82 bits per heavy atom. The Morgan fingerprint density at radius 3 is 2.43 bits per heavy atom. The summed E-state index contributed by atoms with van der Waals surface area (Å²) in [5.41, 5.74) is 4.08. The third-order valence-corrected chi connectivity index (χ3v) is 6.79. The van der Waals surface area contributed by atoms with Crippen molar-refractivity contribution in [3.63, 3.8) is 0 Å². The number of nitrogens with one attached hydrogen (secondary N) is 1. The number of rotatable bonds is 5. The Balaban J connectivity index is 1.23. The van der Waals surface area contributed by atoms with Crippen LogP contribution in [0, 0.1) is 23.2 Å². The van der Waals surface area contributed by atoms with Crippen molar-refractivity contribution in [2.24, 2.45) is 28.3 Å². The van der Waals surface area contributed by atoms with E-state index in [9.17, 15) is 4.79 Å². The van der Waals surface area contributed by atoms with Crippen LogP contribution in [0.4, 0.5) is 0 Å². The first-order chi connectivity index (χ1) is 13.6. The van der Waals surface area contributed by atoms with Crippen molar-refractivity contribution in [1.29, 1.82) is 0 Å². The van der Waals surface area contributed by atoms with Crippen LogP contribution >= 0.6 is 0 Å². The fourth-order valence-electron chi connectivity index (χ4n) is 5.91. The van der Waals surface area contributed by atoms with Gasteiger partial charge < -0.3 is 9.26 Å². The van der Waals surface area contributed by atoms with Gasteiger partial charge in [0.25, 0.3) is 0 Å². The molecule has 6 rings (SSSR count). The number of hydrogen-bond acceptors (Lipinski definition) is 5. The molecule has 4 saturated carbocycles. The lowest BCUT2D eigenvalue weighted by atomic mass is 9.49. The third-order valence-electron chi connectivity index (χ3n) is 6.79. The SMILES string of the molecule is COc1ccc(-c2cc(/C=N/NC(=O)C34CC5CC(CC(C5)C3)C4)no2)cc1. The number of nitrogens with zero attached hydrogens (tertiary/aromatic N) is 2. The van der Waals surface area contributed by atoms with Gasteiger partial charge in [-0.25, -0.2) is 5.43 Å². The zero-order valence-corrected chi connectivity index (χ0v) is 16.1. The lowest BCUT2D eigenvalue weighted by molar-refractivity contribution is -0.146. The number of ether oxygens (including phenoxy) is 1. The average molecular weight is 379 g/mol. The molecule has 1 N–H and O–H groups in total. The number of methoxy groups -OCH3 is 1. The van der Waals surface area contributed by atoms with Crippen LogP contribution in [0.25, 0.3) is 11.3 Å². The number of hydrogen-bond donors (Lipinski definition) is 1. The molecule has 1 heterocycles. The lowest BCUT2D eigenvalue weighted by Crippen LogP contribution is -2.52. The number of amides is 1. The Hall–Kier alpha value is -2.63. The van der Waals surface area contributed by atoms with Crippen LogP contribution in [0.15, 0.2) is 40.0 Å². The third kappa shape index (κ3) is 3.11. The van der Waals surface area contributed by atoms with Gasteiger partial charge in [-0.3, -0.25) is 4.79 Å². The maximum Gasteiger partial charge on any atom is 0.246 e. The molecule has 4 bridgehead atoms. The minimum Gasteiger partial charge on any atom is -0.497 e. The van der Waals surface area contributed by atoms with Gasteiger partial charge in [-0.15, -0.1) is 0 Å². The molecule has 0 saturated heterocycles. The van der Waals surface area contributed by atoms with Crippen molar-refractivity contribution >= 4 is 12.1 Å². The van der Waals surface area contributed by atoms with E-state index < -0.39 is 0 Å². The maximum absolute atomic E-state index is 12.9. The molecule has 4 aliphatic carbocycles.